The van der Waals surface area contributed by atoms with Gasteiger partial charge in [0.2, 0.25) is 0 Å². The van der Waals surface area contributed by atoms with Crippen LogP contribution in [0.2, 0.25) is 0 Å². The molecule has 0 bridgehead atoms. The lowest BCUT2D eigenvalue weighted by molar-refractivity contribution is -0.384. The monoisotopic (exact) mass is 311 g/mol. The number of pyridine rings is 1. The van der Waals surface area contributed by atoms with Crippen molar-refractivity contribution in [2.24, 2.45) is 0 Å². The lowest BCUT2D eigenvalue weighted by atomic mass is 10.3. The van der Waals surface area contributed by atoms with Crippen LogP contribution in [0.25, 0.3) is 0 Å². The maximum absolute atomic E-state index is 10.9. The summed E-state index contributed by atoms with van der Waals surface area (Å²) < 4.78 is 2.25. The van der Waals surface area contributed by atoms with Crippen molar-refractivity contribution >= 4 is 33.0 Å². The van der Waals surface area contributed by atoms with E-state index in [-0.39, 0.29) is 5.69 Å². The zero-order valence-electron chi connectivity index (χ0n) is 9.50. The smallest absolute Gasteiger partial charge is 0.311 e. The van der Waals surface area contributed by atoms with E-state index in [1.807, 2.05) is 6.92 Å². The molecule has 2 aromatic rings. The van der Waals surface area contributed by atoms with Crippen molar-refractivity contribution in [1.29, 1.82) is 0 Å². The zero-order chi connectivity index (χ0) is 13.1. The first-order valence-corrected chi connectivity index (χ1v) is 5.98. The molecule has 18 heavy (non-hydrogen) atoms. The van der Waals surface area contributed by atoms with Gasteiger partial charge in [0, 0.05) is 18.9 Å². The number of rotatable bonds is 4. The third-order valence-corrected chi connectivity index (χ3v) is 2.90. The quantitative estimate of drug-likeness (QED) is 0.693. The van der Waals surface area contributed by atoms with Crippen molar-refractivity contribution < 1.29 is 4.92 Å². The third-order valence-electron chi connectivity index (χ3n) is 2.30. The molecule has 0 radical (unpaired) electrons. The van der Waals surface area contributed by atoms with Crippen molar-refractivity contribution in [3.8, 4) is 0 Å². The average molecular weight is 312 g/mol. The Balaban J connectivity index is 2.36. The van der Waals surface area contributed by atoms with Gasteiger partial charge in [0.1, 0.15) is 11.9 Å². The highest BCUT2D eigenvalue weighted by Gasteiger charge is 2.17. The van der Waals surface area contributed by atoms with Gasteiger partial charge in [-0.25, -0.2) is 0 Å². The molecule has 0 saturated carbocycles. The molecule has 2 aromatic heterocycles. The van der Waals surface area contributed by atoms with Crippen molar-refractivity contribution in [3.05, 3.63) is 39.4 Å². The van der Waals surface area contributed by atoms with Gasteiger partial charge < -0.3 is 5.32 Å². The number of aryl methyl sites for hydroxylation is 1. The van der Waals surface area contributed by atoms with Crippen LogP contribution in [0.3, 0.4) is 0 Å². The predicted octanol–water partition coefficient (Wildman–Crippen LogP) is 2.71. The van der Waals surface area contributed by atoms with Crippen molar-refractivity contribution in [3.63, 3.8) is 0 Å². The largest absolute Gasteiger partial charge is 0.346 e. The SMILES string of the molecule is CCn1cc(Nc2c(Br)cncc2[N+](=O)[O-])cn1. The first-order chi connectivity index (χ1) is 8.61. The topological polar surface area (TPSA) is 85.9 Å². The molecular weight excluding hydrogens is 302 g/mol. The van der Waals surface area contributed by atoms with Crippen LogP contribution in [0.1, 0.15) is 6.92 Å². The molecule has 0 aliphatic heterocycles. The molecule has 0 aliphatic rings. The Hall–Kier alpha value is -1.96. The van der Waals surface area contributed by atoms with E-state index in [2.05, 4.69) is 31.3 Å². The molecule has 0 unspecified atom stereocenters. The number of aromatic nitrogens is 3. The fourth-order valence-electron chi connectivity index (χ4n) is 1.43. The Morgan fingerprint density at radius 2 is 2.28 bits per heavy atom. The van der Waals surface area contributed by atoms with E-state index in [1.165, 1.54) is 12.4 Å². The fourth-order valence-corrected chi connectivity index (χ4v) is 1.85. The molecule has 2 rings (SSSR count). The molecule has 94 valence electrons. The second-order valence-electron chi connectivity index (χ2n) is 3.48. The molecule has 0 saturated heterocycles. The van der Waals surface area contributed by atoms with Gasteiger partial charge in [-0.1, -0.05) is 0 Å². The number of nitro groups is 1. The maximum atomic E-state index is 10.9. The van der Waals surface area contributed by atoms with Gasteiger partial charge in [-0.2, -0.15) is 5.10 Å². The highest BCUT2D eigenvalue weighted by atomic mass is 79.9. The van der Waals surface area contributed by atoms with E-state index in [9.17, 15) is 10.1 Å². The summed E-state index contributed by atoms with van der Waals surface area (Å²) in [5.41, 5.74) is 0.964. The van der Waals surface area contributed by atoms with Crippen LogP contribution in [-0.2, 0) is 6.54 Å². The minimum absolute atomic E-state index is 0.0892. The molecular formula is C10H10BrN5O2. The molecule has 2 heterocycles. The normalized spacial score (nSPS) is 10.3. The van der Waals surface area contributed by atoms with E-state index in [1.54, 1.807) is 17.1 Å². The summed E-state index contributed by atoms with van der Waals surface area (Å²) in [5, 5.41) is 18.0. The van der Waals surface area contributed by atoms with E-state index < -0.39 is 4.92 Å². The Kier molecular flexibility index (Phi) is 3.56. The van der Waals surface area contributed by atoms with Crippen molar-refractivity contribution in [2.75, 3.05) is 5.32 Å². The average Bonchev–Trinajstić information content (AvgIpc) is 2.79. The number of anilines is 2. The van der Waals surface area contributed by atoms with E-state index in [0.29, 0.717) is 15.8 Å². The predicted molar refractivity (Wildman–Crippen MR) is 69.8 cm³/mol. The molecule has 7 nitrogen and oxygen atoms in total. The second-order valence-corrected chi connectivity index (χ2v) is 4.34. The van der Waals surface area contributed by atoms with Crippen LogP contribution >= 0.6 is 15.9 Å². The number of nitrogens with zero attached hydrogens (tertiary/aromatic N) is 4. The zero-order valence-corrected chi connectivity index (χ0v) is 11.1. The second kappa shape index (κ2) is 5.13. The minimum Gasteiger partial charge on any atom is -0.346 e. The van der Waals surface area contributed by atoms with E-state index >= 15 is 0 Å². The van der Waals surface area contributed by atoms with Crippen LogP contribution in [0.4, 0.5) is 17.1 Å². The van der Waals surface area contributed by atoms with Gasteiger partial charge in [-0.15, -0.1) is 0 Å². The summed E-state index contributed by atoms with van der Waals surface area (Å²) in [6.45, 7) is 2.70. The van der Waals surface area contributed by atoms with Gasteiger partial charge in [0.25, 0.3) is 0 Å². The van der Waals surface area contributed by atoms with Gasteiger partial charge in [-0.3, -0.25) is 19.8 Å². The Labute approximate surface area is 111 Å². The van der Waals surface area contributed by atoms with Crippen LogP contribution < -0.4 is 5.32 Å². The third kappa shape index (κ3) is 2.48. The Bertz CT molecular complexity index is 583. The molecule has 0 atom stereocenters. The lowest BCUT2D eigenvalue weighted by Gasteiger charge is -2.06. The molecule has 0 aliphatic carbocycles. The van der Waals surface area contributed by atoms with Gasteiger partial charge >= 0.3 is 5.69 Å². The number of nitrogens with one attached hydrogen (secondary N) is 1. The highest BCUT2D eigenvalue weighted by molar-refractivity contribution is 9.10. The molecule has 0 fully saturated rings. The summed E-state index contributed by atoms with van der Waals surface area (Å²) in [4.78, 5) is 14.2. The van der Waals surface area contributed by atoms with Crippen LogP contribution in [0.5, 0.6) is 0 Å². The number of hydrogen-bond acceptors (Lipinski definition) is 5. The van der Waals surface area contributed by atoms with Crippen LogP contribution in [0.15, 0.2) is 29.3 Å². The van der Waals surface area contributed by atoms with Gasteiger partial charge in [0.15, 0.2) is 0 Å². The van der Waals surface area contributed by atoms with Crippen molar-refractivity contribution in [2.45, 2.75) is 13.5 Å². The van der Waals surface area contributed by atoms with E-state index in [4.69, 9.17) is 0 Å². The maximum Gasteiger partial charge on any atom is 0.311 e. The van der Waals surface area contributed by atoms with Crippen LogP contribution in [-0.4, -0.2) is 19.7 Å². The lowest BCUT2D eigenvalue weighted by Crippen LogP contribution is -1.98. The van der Waals surface area contributed by atoms with E-state index in [0.717, 1.165) is 6.54 Å². The van der Waals surface area contributed by atoms with Crippen LogP contribution in [0, 0.1) is 10.1 Å². The molecule has 0 spiro atoms. The molecule has 0 aromatic carbocycles. The van der Waals surface area contributed by atoms with Gasteiger partial charge in [-0.05, 0) is 22.9 Å². The first-order valence-electron chi connectivity index (χ1n) is 5.19. The Morgan fingerprint density at radius 3 is 2.89 bits per heavy atom. The summed E-state index contributed by atoms with van der Waals surface area (Å²) in [7, 11) is 0. The Morgan fingerprint density at radius 1 is 1.50 bits per heavy atom. The summed E-state index contributed by atoms with van der Waals surface area (Å²) >= 11 is 3.24. The van der Waals surface area contributed by atoms with Crippen molar-refractivity contribution in [1.82, 2.24) is 14.8 Å². The summed E-state index contributed by atoms with van der Waals surface area (Å²) in [5.74, 6) is 0. The highest BCUT2D eigenvalue weighted by Crippen LogP contribution is 2.33. The summed E-state index contributed by atoms with van der Waals surface area (Å²) in [6.07, 6.45) is 6.09. The minimum atomic E-state index is -0.482. The summed E-state index contributed by atoms with van der Waals surface area (Å²) in [6, 6.07) is 0. The fraction of sp³-hybridized carbons (Fsp3) is 0.200. The number of hydrogen-bond donors (Lipinski definition) is 1. The molecule has 8 heteroatoms. The van der Waals surface area contributed by atoms with Gasteiger partial charge in [0.05, 0.1) is 21.3 Å². The molecule has 0 amide bonds. The number of halogens is 1. The first kappa shape index (κ1) is 12.5. The standard InChI is InChI=1S/C10H10BrN5O2/c1-2-15-6-7(3-13-15)14-10-8(11)4-12-5-9(10)16(17)18/h3-6H,2H2,1H3,(H,12,14). The molecule has 1 N–H and O–H groups in total.